The van der Waals surface area contributed by atoms with Crippen LogP contribution in [0.1, 0.15) is 24.0 Å². The van der Waals surface area contributed by atoms with Crippen LogP contribution in [0.15, 0.2) is 51.9 Å². The predicted molar refractivity (Wildman–Crippen MR) is 103 cm³/mol. The van der Waals surface area contributed by atoms with E-state index in [1.807, 2.05) is 26.0 Å². The first kappa shape index (κ1) is 17.9. The topological polar surface area (TPSA) is 76.3 Å². The van der Waals surface area contributed by atoms with E-state index >= 15 is 0 Å². The lowest BCUT2D eigenvalue weighted by Crippen LogP contribution is -2.27. The number of aromatic nitrogens is 2. The molecule has 4 rings (SSSR count). The number of hydrogen-bond donors (Lipinski definition) is 0. The smallest absolute Gasteiger partial charge is 0.258 e. The number of nitrogens with zero attached hydrogens (tertiary/aromatic N) is 3. The summed E-state index contributed by atoms with van der Waals surface area (Å²) in [6.45, 7) is 5.22. The van der Waals surface area contributed by atoms with Gasteiger partial charge in [0.1, 0.15) is 0 Å². The predicted octanol–water partition coefficient (Wildman–Crippen LogP) is 3.80. The van der Waals surface area contributed by atoms with Crippen molar-refractivity contribution in [2.45, 2.75) is 31.6 Å². The molecule has 6 nitrogen and oxygen atoms in total. The van der Waals surface area contributed by atoms with Crippen molar-refractivity contribution in [1.29, 1.82) is 0 Å². The van der Waals surface area contributed by atoms with Gasteiger partial charge in [0.15, 0.2) is 0 Å². The summed E-state index contributed by atoms with van der Waals surface area (Å²) >= 11 is 0. The Morgan fingerprint density at radius 1 is 1.00 bits per heavy atom. The second-order valence-corrected chi connectivity index (χ2v) is 8.82. The van der Waals surface area contributed by atoms with Crippen molar-refractivity contribution < 1.29 is 12.9 Å². The number of benzene rings is 2. The molecule has 27 heavy (non-hydrogen) atoms. The molecule has 140 valence electrons. The van der Waals surface area contributed by atoms with Gasteiger partial charge in [0.05, 0.1) is 4.90 Å². The van der Waals surface area contributed by atoms with Crippen LogP contribution in [0.3, 0.4) is 0 Å². The van der Waals surface area contributed by atoms with E-state index in [-0.39, 0.29) is 0 Å². The third-order valence-electron chi connectivity index (χ3n) is 4.85. The molecule has 3 aromatic rings. The third-order valence-corrected chi connectivity index (χ3v) is 6.77. The molecule has 1 aliphatic heterocycles. The Morgan fingerprint density at radius 2 is 1.70 bits per heavy atom. The maximum atomic E-state index is 12.6. The summed E-state index contributed by atoms with van der Waals surface area (Å²) in [7, 11) is -3.42. The average molecular weight is 383 g/mol. The van der Waals surface area contributed by atoms with Crippen LogP contribution in [-0.2, 0) is 10.0 Å². The molecule has 0 aliphatic carbocycles. The fourth-order valence-electron chi connectivity index (χ4n) is 3.36. The van der Waals surface area contributed by atoms with E-state index < -0.39 is 10.0 Å². The number of rotatable bonds is 4. The van der Waals surface area contributed by atoms with Gasteiger partial charge in [0, 0.05) is 24.2 Å². The highest BCUT2D eigenvalue weighted by molar-refractivity contribution is 7.89. The molecule has 1 fully saturated rings. The van der Waals surface area contributed by atoms with Crippen molar-refractivity contribution in [3.63, 3.8) is 0 Å². The zero-order valence-electron chi connectivity index (χ0n) is 15.3. The monoisotopic (exact) mass is 383 g/mol. The minimum absolute atomic E-state index is 0.297. The number of hydrogen-bond acceptors (Lipinski definition) is 5. The molecule has 0 spiro atoms. The fourth-order valence-corrected chi connectivity index (χ4v) is 4.87. The van der Waals surface area contributed by atoms with E-state index in [0.717, 1.165) is 29.5 Å². The first-order chi connectivity index (χ1) is 12.9. The Balaban J connectivity index is 1.61. The van der Waals surface area contributed by atoms with Gasteiger partial charge >= 0.3 is 0 Å². The van der Waals surface area contributed by atoms with Crippen molar-refractivity contribution in [3.8, 4) is 22.8 Å². The van der Waals surface area contributed by atoms with Crippen LogP contribution in [0, 0.1) is 13.8 Å². The van der Waals surface area contributed by atoms with E-state index in [2.05, 4.69) is 16.2 Å². The van der Waals surface area contributed by atoms with E-state index in [1.54, 1.807) is 24.3 Å². The van der Waals surface area contributed by atoms with Crippen LogP contribution in [0.2, 0.25) is 0 Å². The third kappa shape index (κ3) is 3.40. The van der Waals surface area contributed by atoms with Crippen LogP contribution < -0.4 is 0 Å². The highest BCUT2D eigenvalue weighted by atomic mass is 32.2. The summed E-state index contributed by atoms with van der Waals surface area (Å²) in [6.07, 6.45) is 1.84. The summed E-state index contributed by atoms with van der Waals surface area (Å²) in [5.74, 6) is 0.895. The summed E-state index contributed by atoms with van der Waals surface area (Å²) < 4.78 is 32.2. The highest BCUT2D eigenvalue weighted by Gasteiger charge is 2.27. The Bertz CT molecular complexity index is 1070. The molecule has 2 aromatic carbocycles. The lowest BCUT2D eigenvalue weighted by molar-refractivity contribution is 0.432. The average Bonchev–Trinajstić information content (AvgIpc) is 3.34. The zero-order valence-corrected chi connectivity index (χ0v) is 16.2. The standard InChI is InChI=1S/C20H21N3O3S/c1-14-5-10-18(15(2)13-14)20-21-19(22-26-20)16-6-8-17(9-7-16)27(24,25)23-11-3-4-12-23/h5-10,13H,3-4,11-12H2,1-2H3. The van der Waals surface area contributed by atoms with Crippen LogP contribution in [-0.4, -0.2) is 36.0 Å². The maximum Gasteiger partial charge on any atom is 0.258 e. The second kappa shape index (κ2) is 6.90. The molecule has 1 aromatic heterocycles. The van der Waals surface area contributed by atoms with E-state index in [9.17, 15) is 8.42 Å². The first-order valence-electron chi connectivity index (χ1n) is 8.97. The highest BCUT2D eigenvalue weighted by Crippen LogP contribution is 2.27. The molecular weight excluding hydrogens is 362 g/mol. The molecule has 0 bridgehead atoms. The first-order valence-corrected chi connectivity index (χ1v) is 10.4. The zero-order chi connectivity index (χ0) is 19.0. The summed E-state index contributed by atoms with van der Waals surface area (Å²) in [5.41, 5.74) is 3.85. The van der Waals surface area contributed by atoms with Gasteiger partial charge in [-0.3, -0.25) is 0 Å². The van der Waals surface area contributed by atoms with E-state index in [1.165, 1.54) is 9.87 Å². The molecule has 0 amide bonds. The van der Waals surface area contributed by atoms with Gasteiger partial charge in [-0.2, -0.15) is 9.29 Å². The van der Waals surface area contributed by atoms with Gasteiger partial charge < -0.3 is 4.52 Å². The minimum atomic E-state index is -3.42. The molecule has 0 atom stereocenters. The molecule has 0 saturated carbocycles. The van der Waals surface area contributed by atoms with Crippen LogP contribution >= 0.6 is 0 Å². The lowest BCUT2D eigenvalue weighted by Gasteiger charge is -2.15. The number of sulfonamides is 1. The van der Waals surface area contributed by atoms with Crippen molar-refractivity contribution >= 4 is 10.0 Å². The van der Waals surface area contributed by atoms with Gasteiger partial charge in [-0.1, -0.05) is 22.9 Å². The number of aryl methyl sites for hydroxylation is 2. The SMILES string of the molecule is Cc1ccc(-c2nc(-c3ccc(S(=O)(=O)N4CCCC4)cc3)no2)c(C)c1. The molecule has 0 radical (unpaired) electrons. The van der Waals surface area contributed by atoms with Crippen LogP contribution in [0.25, 0.3) is 22.8 Å². The van der Waals surface area contributed by atoms with Gasteiger partial charge in [-0.05, 0) is 62.6 Å². The minimum Gasteiger partial charge on any atom is -0.334 e. The normalized spacial score (nSPS) is 15.3. The van der Waals surface area contributed by atoms with Gasteiger partial charge in [-0.15, -0.1) is 0 Å². The maximum absolute atomic E-state index is 12.6. The molecule has 2 heterocycles. The molecule has 0 N–H and O–H groups in total. The quantitative estimate of drug-likeness (QED) is 0.685. The Kier molecular flexibility index (Phi) is 4.57. The summed E-state index contributed by atoms with van der Waals surface area (Å²) in [4.78, 5) is 4.77. The van der Waals surface area contributed by atoms with Crippen LogP contribution in [0.4, 0.5) is 0 Å². The van der Waals surface area contributed by atoms with Gasteiger partial charge in [-0.25, -0.2) is 8.42 Å². The lowest BCUT2D eigenvalue weighted by atomic mass is 10.1. The van der Waals surface area contributed by atoms with Crippen molar-refractivity contribution in [3.05, 3.63) is 53.6 Å². The fraction of sp³-hybridized carbons (Fsp3) is 0.300. The van der Waals surface area contributed by atoms with Gasteiger partial charge in [0.25, 0.3) is 5.89 Å². The van der Waals surface area contributed by atoms with Crippen LogP contribution in [0.5, 0.6) is 0 Å². The van der Waals surface area contributed by atoms with E-state index in [4.69, 9.17) is 4.52 Å². The van der Waals surface area contributed by atoms with Crippen molar-refractivity contribution in [1.82, 2.24) is 14.4 Å². The second-order valence-electron chi connectivity index (χ2n) is 6.88. The Hall–Kier alpha value is -2.51. The summed E-state index contributed by atoms with van der Waals surface area (Å²) in [5, 5.41) is 4.05. The molecular formula is C20H21N3O3S. The summed E-state index contributed by atoms with van der Waals surface area (Å²) in [6, 6.07) is 12.7. The molecule has 7 heteroatoms. The van der Waals surface area contributed by atoms with Crippen molar-refractivity contribution in [2.75, 3.05) is 13.1 Å². The Morgan fingerprint density at radius 3 is 2.37 bits per heavy atom. The van der Waals surface area contributed by atoms with E-state index in [0.29, 0.717) is 29.7 Å². The molecule has 1 saturated heterocycles. The van der Waals surface area contributed by atoms with Crippen molar-refractivity contribution in [2.24, 2.45) is 0 Å². The van der Waals surface area contributed by atoms with Gasteiger partial charge in [0.2, 0.25) is 15.8 Å². The Labute approximate surface area is 158 Å². The molecule has 1 aliphatic rings. The largest absolute Gasteiger partial charge is 0.334 e. The molecule has 0 unspecified atom stereocenters.